The van der Waals surface area contributed by atoms with Gasteiger partial charge in [-0.25, -0.2) is 0 Å². The van der Waals surface area contributed by atoms with Crippen molar-refractivity contribution in [2.45, 2.75) is 44.8 Å². The van der Waals surface area contributed by atoms with Gasteiger partial charge in [-0.15, -0.1) is 0 Å². The molecule has 0 aromatic heterocycles. The van der Waals surface area contributed by atoms with Gasteiger partial charge in [0.05, 0.1) is 6.10 Å². The van der Waals surface area contributed by atoms with Gasteiger partial charge in [-0.1, -0.05) is 0 Å². The summed E-state index contributed by atoms with van der Waals surface area (Å²) < 4.78 is 15.4. The highest BCUT2D eigenvalue weighted by molar-refractivity contribution is 5.66. The molecular formula is C10H18O4. The molecule has 4 nitrogen and oxygen atoms in total. The molecular weight excluding hydrogens is 184 g/mol. The molecule has 0 saturated heterocycles. The van der Waals surface area contributed by atoms with Crippen LogP contribution in [0.25, 0.3) is 0 Å². The zero-order chi connectivity index (χ0) is 10.4. The second kappa shape index (κ2) is 5.98. The minimum Gasteiger partial charge on any atom is -0.463 e. The van der Waals surface area contributed by atoms with Crippen LogP contribution in [0, 0.1) is 0 Å². The van der Waals surface area contributed by atoms with Gasteiger partial charge in [0.2, 0.25) is 0 Å². The lowest BCUT2D eigenvalue weighted by Crippen LogP contribution is -2.28. The fourth-order valence-corrected chi connectivity index (χ4v) is 1.72. The Balaban J connectivity index is 2.14. The summed E-state index contributed by atoms with van der Waals surface area (Å²) in [5.41, 5.74) is 0. The largest absolute Gasteiger partial charge is 0.463 e. The zero-order valence-corrected chi connectivity index (χ0v) is 8.82. The van der Waals surface area contributed by atoms with E-state index >= 15 is 0 Å². The van der Waals surface area contributed by atoms with Gasteiger partial charge in [0.15, 0.2) is 0 Å². The Morgan fingerprint density at radius 1 is 1.21 bits per heavy atom. The van der Waals surface area contributed by atoms with E-state index in [4.69, 9.17) is 14.2 Å². The minimum atomic E-state index is -0.189. The summed E-state index contributed by atoms with van der Waals surface area (Å²) in [7, 11) is 1.62. The number of ether oxygens (including phenoxy) is 3. The number of carbonyl (C=O) groups excluding carboxylic acids is 1. The van der Waals surface area contributed by atoms with Crippen molar-refractivity contribution in [1.82, 2.24) is 0 Å². The number of hydrogen-bond acceptors (Lipinski definition) is 4. The van der Waals surface area contributed by atoms with E-state index in [9.17, 15) is 4.79 Å². The standard InChI is InChI=1S/C10H18O4/c1-8(11)14-10-5-3-9(4-6-10)13-7-12-2/h9-10H,3-7H2,1-2H3. The summed E-state index contributed by atoms with van der Waals surface area (Å²) in [6.07, 6.45) is 4.04. The first-order valence-corrected chi connectivity index (χ1v) is 5.00. The molecule has 0 amide bonds. The van der Waals surface area contributed by atoms with E-state index in [0.29, 0.717) is 6.79 Å². The SMILES string of the molecule is COCOC1CCC(OC(C)=O)CC1. The number of carbonyl (C=O) groups is 1. The van der Waals surface area contributed by atoms with E-state index < -0.39 is 0 Å². The molecule has 1 fully saturated rings. The van der Waals surface area contributed by atoms with Crippen LogP contribution in [-0.2, 0) is 19.0 Å². The third kappa shape index (κ3) is 4.07. The van der Waals surface area contributed by atoms with Crippen LogP contribution >= 0.6 is 0 Å². The number of esters is 1. The van der Waals surface area contributed by atoms with Gasteiger partial charge in [-0.2, -0.15) is 0 Å². The zero-order valence-electron chi connectivity index (χ0n) is 8.82. The molecule has 0 spiro atoms. The average Bonchev–Trinajstić information content (AvgIpc) is 2.16. The smallest absolute Gasteiger partial charge is 0.302 e. The molecule has 0 aromatic rings. The highest BCUT2D eigenvalue weighted by atomic mass is 16.7. The Morgan fingerprint density at radius 3 is 2.29 bits per heavy atom. The average molecular weight is 202 g/mol. The van der Waals surface area contributed by atoms with Crippen molar-refractivity contribution >= 4 is 5.97 Å². The van der Waals surface area contributed by atoms with E-state index in [1.165, 1.54) is 6.92 Å². The molecule has 0 radical (unpaired) electrons. The van der Waals surface area contributed by atoms with Crippen molar-refractivity contribution in [2.24, 2.45) is 0 Å². The van der Waals surface area contributed by atoms with Crippen molar-refractivity contribution in [1.29, 1.82) is 0 Å². The van der Waals surface area contributed by atoms with Gasteiger partial charge < -0.3 is 14.2 Å². The van der Waals surface area contributed by atoms with Gasteiger partial charge in [-0.3, -0.25) is 4.79 Å². The van der Waals surface area contributed by atoms with Crippen LogP contribution in [0.2, 0.25) is 0 Å². The molecule has 0 N–H and O–H groups in total. The molecule has 0 aliphatic heterocycles. The van der Waals surface area contributed by atoms with Gasteiger partial charge in [0, 0.05) is 14.0 Å². The molecule has 0 unspecified atom stereocenters. The third-order valence-corrected chi connectivity index (χ3v) is 2.38. The second-order valence-corrected chi connectivity index (χ2v) is 3.58. The van der Waals surface area contributed by atoms with Crippen LogP contribution in [0.1, 0.15) is 32.6 Å². The number of methoxy groups -OCH3 is 1. The van der Waals surface area contributed by atoms with Crippen molar-refractivity contribution in [3.05, 3.63) is 0 Å². The van der Waals surface area contributed by atoms with Crippen LogP contribution in [0.5, 0.6) is 0 Å². The fourth-order valence-electron chi connectivity index (χ4n) is 1.72. The molecule has 0 heterocycles. The summed E-state index contributed by atoms with van der Waals surface area (Å²) >= 11 is 0. The molecule has 1 aliphatic carbocycles. The Morgan fingerprint density at radius 2 is 1.79 bits per heavy atom. The Bertz CT molecular complexity index is 173. The molecule has 1 rings (SSSR count). The highest BCUT2D eigenvalue weighted by Crippen LogP contribution is 2.23. The first-order valence-electron chi connectivity index (χ1n) is 5.00. The Labute approximate surface area is 84.5 Å². The molecule has 0 bridgehead atoms. The summed E-state index contributed by atoms with van der Waals surface area (Å²) in [5.74, 6) is -0.189. The van der Waals surface area contributed by atoms with E-state index in [1.54, 1.807) is 7.11 Å². The Hall–Kier alpha value is -0.610. The summed E-state index contributed by atoms with van der Waals surface area (Å²) in [6.45, 7) is 1.80. The molecule has 1 aliphatic rings. The van der Waals surface area contributed by atoms with E-state index in [1.807, 2.05) is 0 Å². The van der Waals surface area contributed by atoms with Crippen molar-refractivity contribution < 1.29 is 19.0 Å². The van der Waals surface area contributed by atoms with E-state index in [0.717, 1.165) is 25.7 Å². The maximum Gasteiger partial charge on any atom is 0.302 e. The summed E-state index contributed by atoms with van der Waals surface area (Å²) in [5, 5.41) is 0. The van der Waals surface area contributed by atoms with Gasteiger partial charge >= 0.3 is 5.97 Å². The lowest BCUT2D eigenvalue weighted by atomic mass is 9.95. The van der Waals surface area contributed by atoms with E-state index in [2.05, 4.69) is 0 Å². The lowest BCUT2D eigenvalue weighted by Gasteiger charge is -2.27. The van der Waals surface area contributed by atoms with Gasteiger partial charge in [0.1, 0.15) is 12.9 Å². The van der Waals surface area contributed by atoms with Crippen LogP contribution in [0.15, 0.2) is 0 Å². The highest BCUT2D eigenvalue weighted by Gasteiger charge is 2.23. The van der Waals surface area contributed by atoms with Crippen LogP contribution in [0.4, 0.5) is 0 Å². The molecule has 14 heavy (non-hydrogen) atoms. The van der Waals surface area contributed by atoms with Crippen LogP contribution in [0.3, 0.4) is 0 Å². The molecule has 0 atom stereocenters. The van der Waals surface area contributed by atoms with E-state index in [-0.39, 0.29) is 18.2 Å². The van der Waals surface area contributed by atoms with Crippen molar-refractivity contribution in [3.8, 4) is 0 Å². The molecule has 1 saturated carbocycles. The molecule has 0 aromatic carbocycles. The van der Waals surface area contributed by atoms with Gasteiger partial charge in [0.25, 0.3) is 0 Å². The minimum absolute atomic E-state index is 0.0925. The fraction of sp³-hybridized carbons (Fsp3) is 0.900. The third-order valence-electron chi connectivity index (χ3n) is 2.38. The molecule has 4 heteroatoms. The Kier molecular flexibility index (Phi) is 4.90. The first kappa shape index (κ1) is 11.5. The van der Waals surface area contributed by atoms with Crippen LogP contribution < -0.4 is 0 Å². The number of hydrogen-bond donors (Lipinski definition) is 0. The van der Waals surface area contributed by atoms with Crippen molar-refractivity contribution in [2.75, 3.05) is 13.9 Å². The second-order valence-electron chi connectivity index (χ2n) is 3.58. The predicted molar refractivity (Wildman–Crippen MR) is 50.8 cm³/mol. The quantitative estimate of drug-likeness (QED) is 0.511. The predicted octanol–water partition coefficient (Wildman–Crippen LogP) is 1.48. The summed E-state index contributed by atoms with van der Waals surface area (Å²) in [4.78, 5) is 10.7. The maximum atomic E-state index is 10.7. The van der Waals surface area contributed by atoms with Crippen LogP contribution in [-0.4, -0.2) is 32.1 Å². The van der Waals surface area contributed by atoms with Gasteiger partial charge in [-0.05, 0) is 25.7 Å². The summed E-state index contributed by atoms with van der Waals surface area (Å²) in [6, 6.07) is 0. The topological polar surface area (TPSA) is 44.8 Å². The first-order chi connectivity index (χ1) is 6.72. The molecule has 82 valence electrons. The normalized spacial score (nSPS) is 27.3. The van der Waals surface area contributed by atoms with Crippen molar-refractivity contribution in [3.63, 3.8) is 0 Å². The monoisotopic (exact) mass is 202 g/mol. The maximum absolute atomic E-state index is 10.7. The number of rotatable bonds is 4. The lowest BCUT2D eigenvalue weighted by molar-refractivity contribution is -0.151.